The number of halogens is 1. The van der Waals surface area contributed by atoms with Gasteiger partial charge in [0.25, 0.3) is 0 Å². The van der Waals surface area contributed by atoms with Crippen molar-refractivity contribution in [2.24, 2.45) is 0 Å². The second-order valence-corrected chi connectivity index (χ2v) is 10.4. The topological polar surface area (TPSA) is 102 Å². The van der Waals surface area contributed by atoms with Gasteiger partial charge in [-0.25, -0.2) is 4.39 Å². The molecule has 10 heteroatoms. The number of methoxy groups -OCH3 is 2. The van der Waals surface area contributed by atoms with Crippen LogP contribution >= 0.6 is 0 Å². The summed E-state index contributed by atoms with van der Waals surface area (Å²) in [5.41, 5.74) is 1.71. The molecule has 1 aliphatic heterocycles. The standard InChI is InChI=1S/C34H30FN3O6/c1-41-32-16-26-29(17-33(32)42-2)36-12-9-31(26)44-25-8-7-23(37-18-25)15-30(39)28-20-38(24-10-13-43-14-11-24)19-27(34(28)40)21-3-5-22(35)6-4-21/h3-9,12,16-20,24H,10-11,13-15H2,1-2H3. The molecule has 0 radical (unpaired) electrons. The Morgan fingerprint density at radius 2 is 1.70 bits per heavy atom. The molecule has 44 heavy (non-hydrogen) atoms. The van der Waals surface area contributed by atoms with Crippen LogP contribution in [0.5, 0.6) is 23.0 Å². The zero-order chi connectivity index (χ0) is 30.6. The zero-order valence-electron chi connectivity index (χ0n) is 24.3. The van der Waals surface area contributed by atoms with Crippen LogP contribution in [0, 0.1) is 5.82 Å². The molecule has 9 nitrogen and oxygen atoms in total. The zero-order valence-corrected chi connectivity index (χ0v) is 24.3. The van der Waals surface area contributed by atoms with Crippen molar-refractivity contribution in [3.05, 3.63) is 107 Å². The molecule has 3 aromatic heterocycles. The average Bonchev–Trinajstić information content (AvgIpc) is 3.06. The first-order valence-corrected chi connectivity index (χ1v) is 14.2. The van der Waals surface area contributed by atoms with Crippen molar-refractivity contribution < 1.29 is 28.1 Å². The summed E-state index contributed by atoms with van der Waals surface area (Å²) >= 11 is 0. The fraction of sp³-hybridized carbons (Fsp3) is 0.235. The first kappa shape index (κ1) is 29.0. The minimum Gasteiger partial charge on any atom is -0.493 e. The number of aromatic nitrogens is 3. The van der Waals surface area contributed by atoms with Crippen LogP contribution in [0.1, 0.15) is 34.9 Å². The van der Waals surface area contributed by atoms with Crippen molar-refractivity contribution in [1.82, 2.24) is 14.5 Å². The second kappa shape index (κ2) is 12.6. The van der Waals surface area contributed by atoms with Gasteiger partial charge < -0.3 is 23.5 Å². The molecule has 0 bridgehead atoms. The van der Waals surface area contributed by atoms with E-state index in [0.29, 0.717) is 58.5 Å². The minimum atomic E-state index is -0.402. The number of benzene rings is 2. The Morgan fingerprint density at radius 3 is 2.41 bits per heavy atom. The highest BCUT2D eigenvalue weighted by Crippen LogP contribution is 2.36. The van der Waals surface area contributed by atoms with Crippen LogP contribution in [-0.2, 0) is 11.2 Å². The van der Waals surface area contributed by atoms with E-state index in [0.717, 1.165) is 18.2 Å². The SMILES string of the molecule is COc1cc2nccc(Oc3ccc(CC(=O)c4cn(C5CCOCC5)cc(-c5ccc(F)cc5)c4=O)nc3)c2cc1OC. The van der Waals surface area contributed by atoms with Crippen LogP contribution in [0.15, 0.2) is 84.2 Å². The molecular weight excluding hydrogens is 565 g/mol. The summed E-state index contributed by atoms with van der Waals surface area (Å²) in [7, 11) is 3.12. The Bertz CT molecular complexity index is 1870. The number of ketones is 1. The molecule has 6 rings (SSSR count). The Labute approximate surface area is 252 Å². The van der Waals surface area contributed by atoms with E-state index in [1.54, 1.807) is 75.3 Å². The smallest absolute Gasteiger partial charge is 0.200 e. The van der Waals surface area contributed by atoms with Crippen LogP contribution in [0.3, 0.4) is 0 Å². The van der Waals surface area contributed by atoms with Crippen LogP contribution in [0.25, 0.3) is 22.0 Å². The summed E-state index contributed by atoms with van der Waals surface area (Å²) in [5.74, 6) is 1.35. The Balaban J connectivity index is 1.26. The normalized spacial score (nSPS) is 13.5. The van der Waals surface area contributed by atoms with Gasteiger partial charge in [0.1, 0.15) is 17.3 Å². The lowest BCUT2D eigenvalue weighted by Crippen LogP contribution is -2.25. The molecule has 0 N–H and O–H groups in total. The fourth-order valence-corrected chi connectivity index (χ4v) is 5.32. The van der Waals surface area contributed by atoms with Crippen LogP contribution in [0.2, 0.25) is 0 Å². The van der Waals surface area contributed by atoms with Gasteiger partial charge in [-0.2, -0.15) is 0 Å². The van der Waals surface area contributed by atoms with E-state index < -0.39 is 11.2 Å². The number of ether oxygens (including phenoxy) is 4. The van der Waals surface area contributed by atoms with Crippen molar-refractivity contribution in [1.29, 1.82) is 0 Å². The number of carbonyl (C=O) groups is 1. The summed E-state index contributed by atoms with van der Waals surface area (Å²) in [4.78, 5) is 35.9. The van der Waals surface area contributed by atoms with E-state index in [2.05, 4.69) is 9.97 Å². The number of fused-ring (bicyclic) bond motifs is 1. The largest absolute Gasteiger partial charge is 0.493 e. The highest BCUT2D eigenvalue weighted by Gasteiger charge is 2.22. The predicted molar refractivity (Wildman–Crippen MR) is 162 cm³/mol. The number of Topliss-reactive ketones (excluding diaryl/α,β-unsaturated/α-hetero) is 1. The molecule has 0 atom stereocenters. The maximum atomic E-state index is 13.6. The summed E-state index contributed by atoms with van der Waals surface area (Å²) in [6, 6.07) is 14.5. The number of hydrogen-bond acceptors (Lipinski definition) is 8. The molecule has 0 amide bonds. The lowest BCUT2D eigenvalue weighted by molar-refractivity contribution is 0.0693. The lowest BCUT2D eigenvalue weighted by atomic mass is 10.00. The van der Waals surface area contributed by atoms with Crippen molar-refractivity contribution in [2.75, 3.05) is 27.4 Å². The van der Waals surface area contributed by atoms with E-state index in [-0.39, 0.29) is 23.8 Å². The molecule has 224 valence electrons. The molecule has 2 aromatic carbocycles. The first-order chi connectivity index (χ1) is 21.4. The third-order valence-corrected chi connectivity index (χ3v) is 7.69. The van der Waals surface area contributed by atoms with Crippen molar-refractivity contribution in [3.63, 3.8) is 0 Å². The molecule has 5 aromatic rings. The molecule has 1 aliphatic rings. The molecule has 1 saturated heterocycles. The van der Waals surface area contributed by atoms with Crippen molar-refractivity contribution in [3.8, 4) is 34.1 Å². The Hall–Kier alpha value is -5.09. The summed E-state index contributed by atoms with van der Waals surface area (Å²) in [5, 5.41) is 0.728. The van der Waals surface area contributed by atoms with Crippen LogP contribution in [-0.4, -0.2) is 47.8 Å². The highest BCUT2D eigenvalue weighted by atomic mass is 19.1. The summed E-state index contributed by atoms with van der Waals surface area (Å²) in [6.07, 6.45) is 7.99. The van der Waals surface area contributed by atoms with Gasteiger partial charge >= 0.3 is 0 Å². The maximum Gasteiger partial charge on any atom is 0.200 e. The fourth-order valence-electron chi connectivity index (χ4n) is 5.32. The summed E-state index contributed by atoms with van der Waals surface area (Å²) in [6.45, 7) is 1.20. The van der Waals surface area contributed by atoms with Gasteiger partial charge in [0.15, 0.2) is 22.7 Å². The number of hydrogen-bond donors (Lipinski definition) is 0. The van der Waals surface area contributed by atoms with Crippen LogP contribution < -0.4 is 19.6 Å². The molecule has 0 aliphatic carbocycles. The van der Waals surface area contributed by atoms with E-state index in [1.165, 1.54) is 18.3 Å². The first-order valence-electron chi connectivity index (χ1n) is 14.2. The molecule has 1 fully saturated rings. The molecule has 0 saturated carbocycles. The van der Waals surface area contributed by atoms with Crippen molar-refractivity contribution in [2.45, 2.75) is 25.3 Å². The maximum absolute atomic E-state index is 13.6. The molecule has 0 spiro atoms. The Kier molecular flexibility index (Phi) is 8.33. The third-order valence-electron chi connectivity index (χ3n) is 7.69. The highest BCUT2D eigenvalue weighted by molar-refractivity contribution is 5.98. The molecular formula is C34H30FN3O6. The average molecular weight is 596 g/mol. The van der Waals surface area contributed by atoms with Gasteiger partial charge in [-0.05, 0) is 54.8 Å². The minimum absolute atomic E-state index is 0.0630. The number of nitrogens with zero attached hydrogens (tertiary/aromatic N) is 3. The van der Waals surface area contributed by atoms with E-state index in [4.69, 9.17) is 18.9 Å². The number of rotatable bonds is 9. The van der Waals surface area contributed by atoms with Gasteiger partial charge in [-0.3, -0.25) is 19.6 Å². The lowest BCUT2D eigenvalue weighted by Gasteiger charge is -2.26. The van der Waals surface area contributed by atoms with E-state index >= 15 is 0 Å². The van der Waals surface area contributed by atoms with Gasteiger partial charge in [0.05, 0.1) is 37.9 Å². The predicted octanol–water partition coefficient (Wildman–Crippen LogP) is 6.18. The summed E-state index contributed by atoms with van der Waals surface area (Å²) < 4.78 is 38.0. The van der Waals surface area contributed by atoms with E-state index in [1.807, 2.05) is 4.57 Å². The van der Waals surface area contributed by atoms with Gasteiger partial charge in [-0.1, -0.05) is 12.1 Å². The number of pyridine rings is 3. The molecule has 4 heterocycles. The van der Waals surface area contributed by atoms with Gasteiger partial charge in [-0.15, -0.1) is 0 Å². The monoisotopic (exact) mass is 595 g/mol. The van der Waals surface area contributed by atoms with Crippen molar-refractivity contribution >= 4 is 16.7 Å². The Morgan fingerprint density at radius 1 is 0.955 bits per heavy atom. The van der Waals surface area contributed by atoms with Gasteiger partial charge in [0.2, 0.25) is 0 Å². The number of carbonyl (C=O) groups excluding carboxylic acids is 1. The second-order valence-electron chi connectivity index (χ2n) is 10.4. The molecule has 0 unspecified atom stereocenters. The van der Waals surface area contributed by atoms with E-state index in [9.17, 15) is 14.0 Å². The van der Waals surface area contributed by atoms with Gasteiger partial charge in [0, 0.05) is 60.6 Å². The quantitative estimate of drug-likeness (QED) is 0.186. The third kappa shape index (κ3) is 6.02. The van der Waals surface area contributed by atoms with Crippen LogP contribution in [0.4, 0.5) is 4.39 Å².